The average molecular weight is 226 g/mol. The van der Waals surface area contributed by atoms with E-state index in [2.05, 4.69) is 0 Å². The van der Waals surface area contributed by atoms with Gasteiger partial charge in [-0.1, -0.05) is 0 Å². The van der Waals surface area contributed by atoms with Crippen LogP contribution in [0.3, 0.4) is 0 Å². The van der Waals surface area contributed by atoms with Gasteiger partial charge in [-0.15, -0.1) is 0 Å². The second-order valence-corrected chi connectivity index (χ2v) is 3.18. The number of aliphatic carboxylic acids is 1. The van der Waals surface area contributed by atoms with Crippen LogP contribution in [0.2, 0.25) is 0 Å². The average Bonchev–Trinajstić information content (AvgIpc) is 2.15. The molecule has 0 aromatic rings. The number of nitrogens with two attached hydrogens (primary N) is 2. The zero-order valence-corrected chi connectivity index (χ0v) is 7.61. The highest BCUT2D eigenvalue weighted by Gasteiger charge is 2.51. The molecule has 15 heavy (non-hydrogen) atoms. The molecule has 0 aliphatic rings. The predicted octanol–water partition coefficient (Wildman–Crippen LogP) is -4.92. The van der Waals surface area contributed by atoms with E-state index < -0.39 is 36.2 Å². The van der Waals surface area contributed by atoms with Gasteiger partial charge in [0.15, 0.2) is 17.6 Å². The van der Waals surface area contributed by atoms with Crippen LogP contribution in [0, 0.1) is 0 Å². The molecule has 0 radical (unpaired) electrons. The Bertz CT molecular complexity index is 242. The summed E-state index contributed by atoms with van der Waals surface area (Å²) in [5.41, 5.74) is 3.95. The van der Waals surface area contributed by atoms with Gasteiger partial charge >= 0.3 is 5.97 Å². The van der Waals surface area contributed by atoms with Gasteiger partial charge in [0, 0.05) is 0 Å². The van der Waals surface area contributed by atoms with Crippen LogP contribution in [0.15, 0.2) is 0 Å². The minimum absolute atomic E-state index is 1.19. The Balaban J connectivity index is 4.95. The summed E-state index contributed by atoms with van der Waals surface area (Å²) in [5.74, 6) is -1.92. The van der Waals surface area contributed by atoms with Gasteiger partial charge in [0.1, 0.15) is 6.10 Å². The Kier molecular flexibility index (Phi) is 4.13. The summed E-state index contributed by atoms with van der Waals surface area (Å²) >= 11 is 0. The van der Waals surface area contributed by atoms with E-state index in [4.69, 9.17) is 31.9 Å². The third kappa shape index (κ3) is 2.82. The van der Waals surface area contributed by atoms with Crippen molar-refractivity contribution < 1.29 is 35.4 Å². The summed E-state index contributed by atoms with van der Waals surface area (Å²) < 4.78 is 0. The van der Waals surface area contributed by atoms with Crippen LogP contribution in [0.5, 0.6) is 0 Å². The van der Waals surface area contributed by atoms with E-state index in [1.807, 2.05) is 0 Å². The summed E-state index contributed by atoms with van der Waals surface area (Å²) in [6, 6.07) is 0. The molecule has 10 N–H and O–H groups in total. The second kappa shape index (κ2) is 4.37. The van der Waals surface area contributed by atoms with Crippen molar-refractivity contribution in [3.8, 4) is 0 Å². The molecule has 0 saturated heterocycles. The van der Waals surface area contributed by atoms with Crippen molar-refractivity contribution in [1.82, 2.24) is 0 Å². The van der Waals surface area contributed by atoms with Crippen molar-refractivity contribution in [3.63, 3.8) is 0 Å². The normalized spacial score (nSPS) is 23.7. The first kappa shape index (κ1) is 14.2. The molecule has 0 aromatic carbocycles. The highest BCUT2D eigenvalue weighted by molar-refractivity contribution is 5.73. The molecule has 9 nitrogen and oxygen atoms in total. The minimum atomic E-state index is -3.10. The molecule has 0 heterocycles. The fraction of sp³-hybridized carbons (Fsp3) is 0.833. The van der Waals surface area contributed by atoms with E-state index in [9.17, 15) is 15.0 Å². The molecule has 0 amide bonds. The fourth-order valence-corrected chi connectivity index (χ4v) is 0.834. The quantitative estimate of drug-likeness (QED) is 0.212. The summed E-state index contributed by atoms with van der Waals surface area (Å²) in [6.07, 6.45) is -5.03. The van der Waals surface area contributed by atoms with Crippen LogP contribution in [-0.4, -0.2) is 66.9 Å². The Morgan fingerprint density at radius 3 is 1.93 bits per heavy atom. The molecule has 0 bridgehead atoms. The minimum Gasteiger partial charge on any atom is -0.479 e. The highest BCUT2D eigenvalue weighted by atomic mass is 16.4. The van der Waals surface area contributed by atoms with E-state index in [0.717, 1.165) is 0 Å². The van der Waals surface area contributed by atoms with E-state index in [0.29, 0.717) is 0 Å². The number of carboxylic acids is 1. The lowest BCUT2D eigenvalue weighted by molar-refractivity contribution is -0.220. The van der Waals surface area contributed by atoms with Crippen LogP contribution in [0.1, 0.15) is 0 Å². The molecule has 0 fully saturated rings. The largest absolute Gasteiger partial charge is 0.479 e. The standard InChI is InChI=1S/C6H14N2O7/c7-5(14,1-9)4(13)6(8,15)2(10)3(11)12/h2,4,9-10,13-15H,1,7-8H2,(H,11,12). The lowest BCUT2D eigenvalue weighted by Crippen LogP contribution is -2.72. The van der Waals surface area contributed by atoms with Gasteiger partial charge in [-0.2, -0.15) is 0 Å². The number of carbonyl (C=O) groups is 1. The number of rotatable bonds is 5. The van der Waals surface area contributed by atoms with Gasteiger partial charge in [-0.05, 0) is 0 Å². The molecule has 0 aliphatic carbocycles. The Labute approximate surface area is 84.2 Å². The van der Waals surface area contributed by atoms with Crippen molar-refractivity contribution in [1.29, 1.82) is 0 Å². The van der Waals surface area contributed by atoms with E-state index in [1.165, 1.54) is 0 Å². The number of carboxylic acid groups (broad SMARTS) is 1. The third-order valence-corrected chi connectivity index (χ3v) is 1.84. The van der Waals surface area contributed by atoms with E-state index in [1.54, 1.807) is 0 Å². The van der Waals surface area contributed by atoms with Crippen LogP contribution in [0.25, 0.3) is 0 Å². The second-order valence-electron chi connectivity index (χ2n) is 3.18. The van der Waals surface area contributed by atoms with Gasteiger partial charge in [-0.3, -0.25) is 11.5 Å². The third-order valence-electron chi connectivity index (χ3n) is 1.84. The summed E-state index contributed by atoms with van der Waals surface area (Å²) in [5, 5.41) is 53.3. The monoisotopic (exact) mass is 226 g/mol. The highest BCUT2D eigenvalue weighted by Crippen LogP contribution is 2.17. The number of hydrogen-bond donors (Lipinski definition) is 8. The SMILES string of the molecule is NC(O)(CO)C(O)C(N)(O)C(O)C(=O)O. The van der Waals surface area contributed by atoms with Crippen molar-refractivity contribution >= 4 is 5.97 Å². The molecule has 0 aliphatic heterocycles. The van der Waals surface area contributed by atoms with Crippen molar-refractivity contribution in [2.24, 2.45) is 11.5 Å². The Morgan fingerprint density at radius 2 is 1.67 bits per heavy atom. The van der Waals surface area contributed by atoms with Gasteiger partial charge in [0.05, 0.1) is 6.61 Å². The first-order valence-corrected chi connectivity index (χ1v) is 3.79. The molecular formula is C6H14N2O7. The summed E-state index contributed by atoms with van der Waals surface area (Å²) in [6.45, 7) is -1.19. The zero-order chi connectivity index (χ0) is 12.4. The van der Waals surface area contributed by atoms with Gasteiger partial charge in [-0.25, -0.2) is 4.79 Å². The van der Waals surface area contributed by atoms with Crippen molar-refractivity contribution in [2.45, 2.75) is 23.7 Å². The molecule has 0 spiro atoms. The van der Waals surface area contributed by atoms with Gasteiger partial charge in [0.2, 0.25) is 0 Å². The molecule has 4 unspecified atom stereocenters. The van der Waals surface area contributed by atoms with Crippen LogP contribution in [0.4, 0.5) is 0 Å². The van der Waals surface area contributed by atoms with E-state index >= 15 is 0 Å². The smallest absolute Gasteiger partial charge is 0.337 e. The molecule has 4 atom stereocenters. The lowest BCUT2D eigenvalue weighted by Gasteiger charge is -2.37. The topological polar surface area (TPSA) is 190 Å². The number of aliphatic hydroxyl groups is 5. The number of aliphatic hydroxyl groups excluding tert-OH is 3. The zero-order valence-electron chi connectivity index (χ0n) is 7.61. The van der Waals surface area contributed by atoms with Crippen molar-refractivity contribution in [3.05, 3.63) is 0 Å². The molecule has 90 valence electrons. The summed E-state index contributed by atoms with van der Waals surface area (Å²) in [7, 11) is 0. The lowest BCUT2D eigenvalue weighted by atomic mass is 9.93. The number of hydrogen-bond acceptors (Lipinski definition) is 8. The van der Waals surface area contributed by atoms with E-state index in [-0.39, 0.29) is 0 Å². The first-order valence-electron chi connectivity index (χ1n) is 3.79. The van der Waals surface area contributed by atoms with Crippen LogP contribution >= 0.6 is 0 Å². The molecule has 0 rings (SSSR count). The molecule has 0 aromatic heterocycles. The van der Waals surface area contributed by atoms with Crippen molar-refractivity contribution in [2.75, 3.05) is 6.61 Å². The van der Waals surface area contributed by atoms with Crippen LogP contribution < -0.4 is 11.5 Å². The Hall–Kier alpha value is -0.810. The maximum atomic E-state index is 10.3. The van der Waals surface area contributed by atoms with Crippen LogP contribution in [-0.2, 0) is 4.79 Å². The first-order chi connectivity index (χ1) is 6.57. The predicted molar refractivity (Wildman–Crippen MR) is 45.0 cm³/mol. The van der Waals surface area contributed by atoms with Gasteiger partial charge in [0.25, 0.3) is 0 Å². The summed E-state index contributed by atoms with van der Waals surface area (Å²) in [4.78, 5) is 10.3. The molecular weight excluding hydrogens is 212 g/mol. The molecule has 9 heteroatoms. The maximum absolute atomic E-state index is 10.3. The maximum Gasteiger partial charge on any atom is 0.337 e. The fourth-order valence-electron chi connectivity index (χ4n) is 0.834. The molecule has 0 saturated carbocycles. The van der Waals surface area contributed by atoms with Gasteiger partial charge < -0.3 is 30.6 Å². The Morgan fingerprint density at radius 1 is 1.27 bits per heavy atom.